The molecule has 1 aromatic carbocycles. The molecule has 1 N–H and O–H groups in total. The molecule has 4 rings (SSSR count). The topological polar surface area (TPSA) is 59.8 Å². The first-order valence-corrected chi connectivity index (χ1v) is 8.67. The monoisotopic (exact) mass is 354 g/mol. The van der Waals surface area contributed by atoms with Crippen LogP contribution in [-0.4, -0.2) is 20.4 Å². The van der Waals surface area contributed by atoms with Crippen LogP contribution in [0, 0.1) is 0 Å². The molecule has 0 aliphatic heterocycles. The van der Waals surface area contributed by atoms with Crippen molar-refractivity contribution in [3.05, 3.63) is 103 Å². The lowest BCUT2D eigenvalue weighted by molar-refractivity contribution is 0.0951. The van der Waals surface area contributed by atoms with E-state index in [1.165, 1.54) is 0 Å². The number of nitrogens with zero attached hydrogens (tertiary/aromatic N) is 3. The molecule has 0 aliphatic carbocycles. The van der Waals surface area contributed by atoms with Crippen LogP contribution in [0.1, 0.15) is 15.9 Å². The molecule has 5 nitrogen and oxygen atoms in total. The summed E-state index contributed by atoms with van der Waals surface area (Å²) in [5, 5.41) is 2.98. The van der Waals surface area contributed by atoms with E-state index in [0.717, 1.165) is 22.5 Å². The number of benzene rings is 1. The zero-order valence-electron chi connectivity index (χ0n) is 14.6. The second kappa shape index (κ2) is 7.66. The average molecular weight is 354 g/mol. The molecule has 0 unspecified atom stereocenters. The highest BCUT2D eigenvalue weighted by Crippen LogP contribution is 2.20. The maximum absolute atomic E-state index is 12.5. The van der Waals surface area contributed by atoms with E-state index < -0.39 is 0 Å². The molecule has 5 heteroatoms. The fraction of sp³-hybridized carbons (Fsp3) is 0.0455. The van der Waals surface area contributed by atoms with Crippen molar-refractivity contribution in [3.63, 3.8) is 0 Å². The standard InChI is InChI=1S/C22H18N4O/c27-22(18-5-7-20(8-6-18)26-14-1-2-15-26)25-16-19-4-3-11-24-21(19)17-9-12-23-13-10-17/h1-15H,16H2,(H,25,27). The molecule has 0 atom stereocenters. The molecule has 1 amide bonds. The maximum atomic E-state index is 12.5. The second-order valence-corrected chi connectivity index (χ2v) is 6.07. The van der Waals surface area contributed by atoms with Crippen molar-refractivity contribution < 1.29 is 4.79 Å². The molecule has 132 valence electrons. The molecule has 0 bridgehead atoms. The quantitative estimate of drug-likeness (QED) is 0.592. The van der Waals surface area contributed by atoms with Gasteiger partial charge in [-0.2, -0.15) is 0 Å². The van der Waals surface area contributed by atoms with Gasteiger partial charge >= 0.3 is 0 Å². The third-order valence-electron chi connectivity index (χ3n) is 4.32. The maximum Gasteiger partial charge on any atom is 0.251 e. The minimum atomic E-state index is -0.112. The number of nitrogens with one attached hydrogen (secondary N) is 1. The third kappa shape index (κ3) is 3.77. The first kappa shape index (κ1) is 16.7. The Bertz CT molecular complexity index is 1030. The highest BCUT2D eigenvalue weighted by molar-refractivity contribution is 5.94. The molecule has 3 aromatic heterocycles. The van der Waals surface area contributed by atoms with Crippen LogP contribution >= 0.6 is 0 Å². The van der Waals surface area contributed by atoms with Crippen LogP contribution in [0.15, 0.2) is 91.6 Å². The summed E-state index contributed by atoms with van der Waals surface area (Å²) in [4.78, 5) is 21.0. The highest BCUT2D eigenvalue weighted by atomic mass is 16.1. The van der Waals surface area contributed by atoms with Crippen molar-refractivity contribution in [2.75, 3.05) is 0 Å². The summed E-state index contributed by atoms with van der Waals surface area (Å²) >= 11 is 0. The lowest BCUT2D eigenvalue weighted by atomic mass is 10.1. The van der Waals surface area contributed by atoms with Crippen LogP contribution < -0.4 is 5.32 Å². The van der Waals surface area contributed by atoms with E-state index in [1.54, 1.807) is 18.6 Å². The summed E-state index contributed by atoms with van der Waals surface area (Å²) in [7, 11) is 0. The molecular formula is C22H18N4O. The molecule has 0 radical (unpaired) electrons. The Morgan fingerprint density at radius 1 is 0.889 bits per heavy atom. The fourth-order valence-electron chi connectivity index (χ4n) is 2.92. The molecule has 0 fully saturated rings. The van der Waals surface area contributed by atoms with E-state index in [4.69, 9.17) is 0 Å². The zero-order valence-corrected chi connectivity index (χ0v) is 14.6. The first-order chi connectivity index (χ1) is 13.3. The average Bonchev–Trinajstić information content (AvgIpc) is 3.28. The Kier molecular flexibility index (Phi) is 4.74. The van der Waals surface area contributed by atoms with Gasteiger partial charge in [-0.05, 0) is 60.2 Å². The zero-order chi connectivity index (χ0) is 18.5. The summed E-state index contributed by atoms with van der Waals surface area (Å²) in [6.45, 7) is 0.406. The Morgan fingerprint density at radius 3 is 2.37 bits per heavy atom. The smallest absolute Gasteiger partial charge is 0.251 e. The van der Waals surface area contributed by atoms with E-state index in [2.05, 4.69) is 15.3 Å². The van der Waals surface area contributed by atoms with Gasteiger partial charge in [-0.25, -0.2) is 0 Å². The van der Waals surface area contributed by atoms with Gasteiger partial charge in [0.1, 0.15) is 0 Å². The van der Waals surface area contributed by atoms with Crippen LogP contribution in [0.5, 0.6) is 0 Å². The minimum absolute atomic E-state index is 0.112. The number of carbonyl (C=O) groups is 1. The molecule has 3 heterocycles. The van der Waals surface area contributed by atoms with E-state index in [1.807, 2.05) is 77.6 Å². The number of pyridine rings is 2. The predicted molar refractivity (Wildman–Crippen MR) is 104 cm³/mol. The number of aromatic nitrogens is 3. The van der Waals surface area contributed by atoms with Gasteiger partial charge in [0.2, 0.25) is 0 Å². The Morgan fingerprint density at radius 2 is 1.63 bits per heavy atom. The second-order valence-electron chi connectivity index (χ2n) is 6.07. The third-order valence-corrected chi connectivity index (χ3v) is 4.32. The van der Waals surface area contributed by atoms with Gasteiger partial charge in [-0.1, -0.05) is 6.07 Å². The first-order valence-electron chi connectivity index (χ1n) is 8.67. The summed E-state index contributed by atoms with van der Waals surface area (Å²) in [6, 6.07) is 19.1. The molecule has 0 saturated heterocycles. The van der Waals surface area contributed by atoms with E-state index in [-0.39, 0.29) is 5.91 Å². The lowest BCUT2D eigenvalue weighted by Crippen LogP contribution is -2.23. The highest BCUT2D eigenvalue weighted by Gasteiger charge is 2.09. The number of amides is 1. The van der Waals surface area contributed by atoms with Gasteiger partial charge in [-0.3, -0.25) is 14.8 Å². The Labute approximate surface area is 157 Å². The van der Waals surface area contributed by atoms with Crippen LogP contribution in [0.2, 0.25) is 0 Å². The van der Waals surface area contributed by atoms with Gasteiger partial charge in [0, 0.05) is 54.3 Å². The summed E-state index contributed by atoms with van der Waals surface area (Å²) < 4.78 is 2.00. The van der Waals surface area contributed by atoms with E-state index in [9.17, 15) is 4.79 Å². The van der Waals surface area contributed by atoms with Crippen molar-refractivity contribution in [2.24, 2.45) is 0 Å². The van der Waals surface area contributed by atoms with Gasteiger partial charge in [0.15, 0.2) is 0 Å². The van der Waals surface area contributed by atoms with Crippen molar-refractivity contribution in [1.29, 1.82) is 0 Å². The normalized spacial score (nSPS) is 10.5. The summed E-state index contributed by atoms with van der Waals surface area (Å²) in [5.74, 6) is -0.112. The minimum Gasteiger partial charge on any atom is -0.348 e. The van der Waals surface area contributed by atoms with Crippen LogP contribution in [0.4, 0.5) is 0 Å². The molecule has 27 heavy (non-hydrogen) atoms. The van der Waals surface area contributed by atoms with Gasteiger partial charge in [-0.15, -0.1) is 0 Å². The SMILES string of the molecule is O=C(NCc1cccnc1-c1ccncc1)c1ccc(-n2cccc2)cc1. The number of hydrogen-bond acceptors (Lipinski definition) is 3. The van der Waals surface area contributed by atoms with Crippen molar-refractivity contribution in [3.8, 4) is 16.9 Å². The van der Waals surface area contributed by atoms with Crippen LogP contribution in [-0.2, 0) is 6.54 Å². The van der Waals surface area contributed by atoms with E-state index in [0.29, 0.717) is 12.1 Å². The molecule has 0 saturated carbocycles. The lowest BCUT2D eigenvalue weighted by Gasteiger charge is -2.10. The Balaban J connectivity index is 1.47. The van der Waals surface area contributed by atoms with Gasteiger partial charge in [0.25, 0.3) is 5.91 Å². The van der Waals surface area contributed by atoms with Crippen LogP contribution in [0.3, 0.4) is 0 Å². The van der Waals surface area contributed by atoms with Crippen molar-refractivity contribution in [2.45, 2.75) is 6.54 Å². The number of carbonyl (C=O) groups excluding carboxylic acids is 1. The summed E-state index contributed by atoms with van der Waals surface area (Å²) in [5.41, 5.74) is 4.43. The fourth-order valence-corrected chi connectivity index (χ4v) is 2.92. The van der Waals surface area contributed by atoms with Gasteiger partial charge in [0.05, 0.1) is 5.69 Å². The van der Waals surface area contributed by atoms with E-state index >= 15 is 0 Å². The molecular weight excluding hydrogens is 336 g/mol. The van der Waals surface area contributed by atoms with Gasteiger partial charge < -0.3 is 9.88 Å². The largest absolute Gasteiger partial charge is 0.348 e. The number of hydrogen-bond donors (Lipinski definition) is 1. The van der Waals surface area contributed by atoms with Crippen LogP contribution in [0.25, 0.3) is 16.9 Å². The molecule has 0 spiro atoms. The van der Waals surface area contributed by atoms with Crippen molar-refractivity contribution in [1.82, 2.24) is 19.9 Å². The summed E-state index contributed by atoms with van der Waals surface area (Å²) in [6.07, 6.45) is 9.16. The predicted octanol–water partition coefficient (Wildman–Crippen LogP) is 3.86. The Hall–Kier alpha value is -3.73. The number of rotatable bonds is 5. The van der Waals surface area contributed by atoms with Crippen molar-refractivity contribution >= 4 is 5.91 Å². The molecule has 4 aromatic rings. The molecule has 0 aliphatic rings.